The van der Waals surface area contributed by atoms with E-state index in [4.69, 9.17) is 0 Å². The lowest BCUT2D eigenvalue weighted by atomic mass is 9.99. The Bertz CT molecular complexity index is 767. The maximum atomic E-state index is 12.9. The van der Waals surface area contributed by atoms with Crippen LogP contribution in [0.2, 0.25) is 0 Å². The van der Waals surface area contributed by atoms with E-state index in [1.807, 2.05) is 54.6 Å². The molecule has 1 heterocycles. The summed E-state index contributed by atoms with van der Waals surface area (Å²) in [5.74, 6) is 0. The fourth-order valence-corrected chi connectivity index (χ4v) is 2.92. The van der Waals surface area contributed by atoms with Crippen LogP contribution >= 0.6 is 0 Å². The predicted molar refractivity (Wildman–Crippen MR) is 94.1 cm³/mol. The van der Waals surface area contributed by atoms with Crippen molar-refractivity contribution in [1.82, 2.24) is 0 Å². The molecule has 2 aromatic carbocycles. The van der Waals surface area contributed by atoms with Gasteiger partial charge in [0, 0.05) is 30.0 Å². The van der Waals surface area contributed by atoms with Crippen molar-refractivity contribution in [3.8, 4) is 11.3 Å². The number of aromatic nitrogens is 1. The predicted octanol–water partition coefficient (Wildman–Crippen LogP) is 4.53. The van der Waals surface area contributed by atoms with E-state index in [9.17, 15) is 5.21 Å². The van der Waals surface area contributed by atoms with Gasteiger partial charge in [0.2, 0.25) is 5.69 Å². The molecular formula is C21H21NO. The normalized spacial score (nSPS) is 10.7. The maximum absolute atomic E-state index is 12.9. The summed E-state index contributed by atoms with van der Waals surface area (Å²) < 4.78 is 1.12. The van der Waals surface area contributed by atoms with Gasteiger partial charge in [0.15, 0.2) is 5.69 Å². The van der Waals surface area contributed by atoms with Gasteiger partial charge in [-0.05, 0) is 30.2 Å². The summed E-state index contributed by atoms with van der Waals surface area (Å²) in [5, 5.41) is 12.9. The van der Waals surface area contributed by atoms with E-state index in [1.54, 1.807) is 0 Å². The molecule has 1 aromatic heterocycles. The Balaban J connectivity index is 2.02. The fraction of sp³-hybridized carbons (Fsp3) is 0.190. The van der Waals surface area contributed by atoms with Crippen LogP contribution in [0.4, 0.5) is 0 Å². The summed E-state index contributed by atoms with van der Waals surface area (Å²) in [6.45, 7) is 2.11. The van der Waals surface area contributed by atoms with Crippen molar-refractivity contribution in [2.45, 2.75) is 26.2 Å². The van der Waals surface area contributed by atoms with Crippen molar-refractivity contribution >= 4 is 0 Å². The van der Waals surface area contributed by atoms with Crippen LogP contribution in [0.1, 0.15) is 30.2 Å². The molecule has 0 saturated carbocycles. The summed E-state index contributed by atoms with van der Waals surface area (Å²) in [4.78, 5) is 0. The van der Waals surface area contributed by atoms with Crippen molar-refractivity contribution in [3.63, 3.8) is 0 Å². The first kappa shape index (κ1) is 15.3. The highest BCUT2D eigenvalue weighted by atomic mass is 16.5. The molecule has 0 aliphatic heterocycles. The third-order valence-corrected chi connectivity index (χ3v) is 4.07. The number of hydrogen-bond acceptors (Lipinski definition) is 1. The minimum Gasteiger partial charge on any atom is -0.618 e. The monoisotopic (exact) mass is 303 g/mol. The molecule has 23 heavy (non-hydrogen) atoms. The molecule has 2 heteroatoms. The Kier molecular flexibility index (Phi) is 4.72. The topological polar surface area (TPSA) is 26.9 Å². The van der Waals surface area contributed by atoms with Crippen LogP contribution in [0.3, 0.4) is 0 Å². The van der Waals surface area contributed by atoms with Gasteiger partial charge in [-0.1, -0.05) is 55.5 Å². The second-order valence-corrected chi connectivity index (χ2v) is 5.76. The molecule has 0 amide bonds. The molecule has 0 unspecified atom stereocenters. The van der Waals surface area contributed by atoms with Crippen LogP contribution in [-0.4, -0.2) is 0 Å². The smallest absolute Gasteiger partial charge is 0.223 e. The average Bonchev–Trinajstić information content (AvgIpc) is 2.60. The minimum atomic E-state index is 0.728. The van der Waals surface area contributed by atoms with Crippen molar-refractivity contribution < 1.29 is 4.73 Å². The van der Waals surface area contributed by atoms with Crippen LogP contribution in [0.5, 0.6) is 0 Å². The van der Waals surface area contributed by atoms with Crippen LogP contribution < -0.4 is 4.73 Å². The van der Waals surface area contributed by atoms with Crippen LogP contribution in [0, 0.1) is 5.21 Å². The Morgan fingerprint density at radius 2 is 1.48 bits per heavy atom. The van der Waals surface area contributed by atoms with Gasteiger partial charge in [-0.25, -0.2) is 0 Å². The quantitative estimate of drug-likeness (QED) is 0.502. The van der Waals surface area contributed by atoms with Gasteiger partial charge < -0.3 is 5.21 Å². The van der Waals surface area contributed by atoms with Gasteiger partial charge in [0.25, 0.3) is 0 Å². The van der Waals surface area contributed by atoms with Gasteiger partial charge in [-0.2, -0.15) is 4.73 Å². The summed E-state index contributed by atoms with van der Waals surface area (Å²) >= 11 is 0. The molecule has 0 bridgehead atoms. The SMILES string of the molecule is CCCc1c(Cc2ccccc2)ccc(-c2ccccc2)[n+]1[O-]. The first-order chi connectivity index (χ1) is 11.3. The third kappa shape index (κ3) is 3.42. The lowest BCUT2D eigenvalue weighted by Crippen LogP contribution is -2.36. The first-order valence-corrected chi connectivity index (χ1v) is 8.13. The number of nitrogens with zero attached hydrogens (tertiary/aromatic N) is 1. The van der Waals surface area contributed by atoms with Gasteiger partial charge in [-0.15, -0.1) is 0 Å². The van der Waals surface area contributed by atoms with Gasteiger partial charge in [0.05, 0.1) is 0 Å². The average molecular weight is 303 g/mol. The number of benzene rings is 2. The molecule has 2 nitrogen and oxygen atoms in total. The Labute approximate surface area is 137 Å². The van der Waals surface area contributed by atoms with E-state index < -0.39 is 0 Å². The minimum absolute atomic E-state index is 0.728. The van der Waals surface area contributed by atoms with E-state index >= 15 is 0 Å². The van der Waals surface area contributed by atoms with E-state index in [-0.39, 0.29) is 0 Å². The van der Waals surface area contributed by atoms with Crippen LogP contribution in [0.25, 0.3) is 11.3 Å². The molecule has 116 valence electrons. The lowest BCUT2D eigenvalue weighted by molar-refractivity contribution is -0.602. The molecule has 0 atom stereocenters. The highest BCUT2D eigenvalue weighted by Crippen LogP contribution is 2.20. The van der Waals surface area contributed by atoms with Gasteiger partial charge in [0.1, 0.15) is 0 Å². The van der Waals surface area contributed by atoms with E-state index in [1.165, 1.54) is 5.56 Å². The molecule has 3 aromatic rings. The van der Waals surface area contributed by atoms with Crippen molar-refractivity contribution in [1.29, 1.82) is 0 Å². The zero-order valence-electron chi connectivity index (χ0n) is 13.4. The van der Waals surface area contributed by atoms with Crippen molar-refractivity contribution in [2.75, 3.05) is 0 Å². The fourth-order valence-electron chi connectivity index (χ4n) is 2.92. The van der Waals surface area contributed by atoms with Crippen molar-refractivity contribution in [3.05, 3.63) is 94.8 Å². The standard InChI is InChI=1S/C21H21NO/c1-2-9-20-19(16-17-10-5-3-6-11-17)14-15-21(22(20)23)18-12-7-4-8-13-18/h3-8,10-15H,2,9,16H2,1H3. The van der Waals surface area contributed by atoms with Gasteiger partial charge in [-0.3, -0.25) is 0 Å². The Morgan fingerprint density at radius 1 is 0.826 bits per heavy atom. The first-order valence-electron chi connectivity index (χ1n) is 8.13. The number of hydrogen-bond donors (Lipinski definition) is 0. The molecular weight excluding hydrogens is 282 g/mol. The highest BCUT2D eigenvalue weighted by Gasteiger charge is 2.17. The van der Waals surface area contributed by atoms with Crippen LogP contribution in [0.15, 0.2) is 72.8 Å². The van der Waals surface area contributed by atoms with E-state index in [2.05, 4.69) is 25.1 Å². The zero-order chi connectivity index (χ0) is 16.1. The van der Waals surface area contributed by atoms with Crippen LogP contribution in [-0.2, 0) is 12.8 Å². The molecule has 0 fully saturated rings. The largest absolute Gasteiger partial charge is 0.618 e. The van der Waals surface area contributed by atoms with E-state index in [0.717, 1.165) is 46.5 Å². The third-order valence-electron chi connectivity index (χ3n) is 4.07. The molecule has 0 N–H and O–H groups in total. The Morgan fingerprint density at radius 3 is 2.13 bits per heavy atom. The zero-order valence-corrected chi connectivity index (χ0v) is 13.4. The Hall–Kier alpha value is -2.61. The van der Waals surface area contributed by atoms with Gasteiger partial charge >= 0.3 is 0 Å². The summed E-state index contributed by atoms with van der Waals surface area (Å²) in [6, 6.07) is 24.2. The second-order valence-electron chi connectivity index (χ2n) is 5.76. The molecule has 0 aliphatic carbocycles. The molecule has 0 aliphatic rings. The molecule has 3 rings (SSSR count). The molecule has 0 saturated heterocycles. The molecule has 0 radical (unpaired) electrons. The summed E-state index contributed by atoms with van der Waals surface area (Å²) in [7, 11) is 0. The van der Waals surface area contributed by atoms with Crippen molar-refractivity contribution in [2.24, 2.45) is 0 Å². The number of pyridine rings is 1. The second kappa shape index (κ2) is 7.10. The maximum Gasteiger partial charge on any atom is 0.223 e. The lowest BCUT2D eigenvalue weighted by Gasteiger charge is -2.13. The summed E-state index contributed by atoms with van der Waals surface area (Å²) in [6.07, 6.45) is 2.56. The number of rotatable bonds is 5. The van der Waals surface area contributed by atoms with E-state index in [0.29, 0.717) is 0 Å². The highest BCUT2D eigenvalue weighted by molar-refractivity contribution is 5.56. The summed E-state index contributed by atoms with van der Waals surface area (Å²) in [5.41, 5.74) is 4.93. The molecule has 0 spiro atoms.